The molecule has 2 aliphatic heterocycles. The van der Waals surface area contributed by atoms with Gasteiger partial charge in [-0.25, -0.2) is 9.59 Å². The van der Waals surface area contributed by atoms with Crippen LogP contribution in [0, 0.1) is 0 Å². The van der Waals surface area contributed by atoms with Gasteiger partial charge in [0.2, 0.25) is 0 Å². The third-order valence-corrected chi connectivity index (χ3v) is 3.15. The highest BCUT2D eigenvalue weighted by Crippen LogP contribution is 2.38. The number of carbonyl (C=O) groups is 2. The van der Waals surface area contributed by atoms with Crippen molar-refractivity contribution in [3.8, 4) is 0 Å². The average molecular weight is 218 g/mol. The number of nitrogens with zero attached hydrogens (tertiary/aromatic N) is 1. The summed E-state index contributed by atoms with van der Waals surface area (Å²) in [5.74, 6) is -0.983. The number of nitrogens with one attached hydrogen (secondary N) is 1. The zero-order chi connectivity index (χ0) is 11.3. The summed E-state index contributed by atoms with van der Waals surface area (Å²) in [7, 11) is 0. The molecule has 3 rings (SSSR count). The Morgan fingerprint density at radius 3 is 2.75 bits per heavy atom. The molecule has 1 unspecified atom stereocenters. The molecule has 16 heavy (non-hydrogen) atoms. The molecule has 0 saturated carbocycles. The van der Waals surface area contributed by atoms with E-state index in [4.69, 9.17) is 0 Å². The number of benzene rings is 1. The van der Waals surface area contributed by atoms with E-state index in [1.165, 1.54) is 4.90 Å². The van der Waals surface area contributed by atoms with Crippen LogP contribution in [-0.4, -0.2) is 28.6 Å². The Hall–Kier alpha value is -2.04. The topological polar surface area (TPSA) is 69.6 Å². The Labute approximate surface area is 91.7 Å². The monoisotopic (exact) mass is 218 g/mol. The van der Waals surface area contributed by atoms with Gasteiger partial charge in [-0.05, 0) is 11.1 Å². The number of rotatable bonds is 1. The molecule has 2 N–H and O–H groups in total. The summed E-state index contributed by atoms with van der Waals surface area (Å²) in [5.41, 5.74) is 1.63. The Morgan fingerprint density at radius 2 is 2.06 bits per heavy atom. The Balaban J connectivity index is 2.19. The molecule has 2 bridgehead atoms. The summed E-state index contributed by atoms with van der Waals surface area (Å²) in [6, 6.07) is 6.08. The van der Waals surface area contributed by atoms with E-state index in [0.29, 0.717) is 12.1 Å². The SMILES string of the molecule is O=C(O)C1c2ccccc2[C@@H]2CN1C(=O)N2. The standard InChI is InChI=1S/C11H10N2O3/c14-10(15)9-7-4-2-1-3-6(7)8-5-13(9)11(16)12-8/h1-4,8-9H,5H2,(H,12,16)(H,14,15)/t8-,9?/m0/s1. The third kappa shape index (κ3) is 1.05. The quantitative estimate of drug-likeness (QED) is 0.735. The number of aliphatic carboxylic acids is 1. The molecular formula is C11H10N2O3. The van der Waals surface area contributed by atoms with Crippen LogP contribution in [-0.2, 0) is 4.79 Å². The fraction of sp³-hybridized carbons (Fsp3) is 0.273. The van der Waals surface area contributed by atoms with Gasteiger partial charge in [0.1, 0.15) is 0 Å². The predicted octanol–water partition coefficient (Wildman–Crippen LogP) is 0.892. The molecular weight excluding hydrogens is 208 g/mol. The number of carboxylic acids is 1. The summed E-state index contributed by atoms with van der Waals surface area (Å²) < 4.78 is 0. The van der Waals surface area contributed by atoms with Crippen LogP contribution in [0.15, 0.2) is 24.3 Å². The van der Waals surface area contributed by atoms with Crippen molar-refractivity contribution in [2.75, 3.05) is 6.54 Å². The Bertz CT molecular complexity index is 486. The molecule has 2 atom stereocenters. The molecule has 5 nitrogen and oxygen atoms in total. The summed E-state index contributed by atoms with van der Waals surface area (Å²) >= 11 is 0. The van der Waals surface area contributed by atoms with Crippen molar-refractivity contribution >= 4 is 12.0 Å². The van der Waals surface area contributed by atoms with Crippen molar-refractivity contribution < 1.29 is 14.7 Å². The first kappa shape index (κ1) is 9.21. The van der Waals surface area contributed by atoms with Gasteiger partial charge in [-0.1, -0.05) is 24.3 Å². The smallest absolute Gasteiger partial charge is 0.331 e. The highest BCUT2D eigenvalue weighted by Gasteiger charge is 2.45. The van der Waals surface area contributed by atoms with E-state index < -0.39 is 12.0 Å². The largest absolute Gasteiger partial charge is 0.479 e. The van der Waals surface area contributed by atoms with E-state index in [-0.39, 0.29) is 12.1 Å². The maximum absolute atomic E-state index is 11.6. The van der Waals surface area contributed by atoms with Crippen LogP contribution in [0.3, 0.4) is 0 Å². The van der Waals surface area contributed by atoms with E-state index in [1.807, 2.05) is 12.1 Å². The molecule has 1 fully saturated rings. The van der Waals surface area contributed by atoms with Gasteiger partial charge >= 0.3 is 12.0 Å². The van der Waals surface area contributed by atoms with E-state index >= 15 is 0 Å². The third-order valence-electron chi connectivity index (χ3n) is 3.15. The van der Waals surface area contributed by atoms with Gasteiger partial charge in [0, 0.05) is 6.54 Å². The lowest BCUT2D eigenvalue weighted by atomic mass is 9.91. The van der Waals surface area contributed by atoms with Gasteiger partial charge in [0.25, 0.3) is 0 Å². The summed E-state index contributed by atoms with van der Waals surface area (Å²) in [6.45, 7) is 0.437. The maximum Gasteiger partial charge on any atom is 0.331 e. The molecule has 2 aliphatic rings. The van der Waals surface area contributed by atoms with E-state index in [1.54, 1.807) is 12.1 Å². The lowest BCUT2D eigenvalue weighted by Crippen LogP contribution is -2.38. The van der Waals surface area contributed by atoms with E-state index in [9.17, 15) is 14.7 Å². The van der Waals surface area contributed by atoms with Crippen LogP contribution in [0.5, 0.6) is 0 Å². The average Bonchev–Trinajstić information content (AvgIpc) is 2.57. The van der Waals surface area contributed by atoms with E-state index in [0.717, 1.165) is 5.56 Å². The highest BCUT2D eigenvalue weighted by molar-refractivity contribution is 5.87. The number of hydrogen-bond donors (Lipinski definition) is 2. The van der Waals surface area contributed by atoms with Gasteiger partial charge in [-0.3, -0.25) is 0 Å². The molecule has 2 amide bonds. The number of fused-ring (bicyclic) bond motifs is 4. The Morgan fingerprint density at radius 1 is 1.38 bits per heavy atom. The second kappa shape index (κ2) is 2.98. The number of carbonyl (C=O) groups excluding carboxylic acids is 1. The lowest BCUT2D eigenvalue weighted by Gasteiger charge is -2.29. The second-order valence-electron chi connectivity index (χ2n) is 4.02. The summed E-state index contributed by atoms with van der Waals surface area (Å²) in [6.07, 6.45) is 0. The van der Waals surface area contributed by atoms with Crippen LogP contribution in [0.25, 0.3) is 0 Å². The van der Waals surface area contributed by atoms with Gasteiger partial charge in [-0.15, -0.1) is 0 Å². The minimum absolute atomic E-state index is 0.0701. The molecule has 5 heteroatoms. The second-order valence-corrected chi connectivity index (χ2v) is 4.02. The molecule has 0 spiro atoms. The minimum atomic E-state index is -0.983. The van der Waals surface area contributed by atoms with Crippen molar-refractivity contribution in [3.63, 3.8) is 0 Å². The fourth-order valence-corrected chi connectivity index (χ4v) is 2.47. The highest BCUT2D eigenvalue weighted by atomic mass is 16.4. The molecule has 0 aromatic heterocycles. The van der Waals surface area contributed by atoms with Crippen LogP contribution < -0.4 is 5.32 Å². The van der Waals surface area contributed by atoms with Crippen molar-refractivity contribution in [3.05, 3.63) is 35.4 Å². The van der Waals surface area contributed by atoms with Crippen molar-refractivity contribution in [2.45, 2.75) is 12.1 Å². The first-order valence-corrected chi connectivity index (χ1v) is 5.07. The number of amides is 2. The van der Waals surface area contributed by atoms with Crippen molar-refractivity contribution in [1.82, 2.24) is 10.2 Å². The normalized spacial score (nSPS) is 26.2. The van der Waals surface area contributed by atoms with Gasteiger partial charge in [-0.2, -0.15) is 0 Å². The van der Waals surface area contributed by atoms with Crippen LogP contribution >= 0.6 is 0 Å². The lowest BCUT2D eigenvalue weighted by molar-refractivity contribution is -0.142. The Kier molecular flexibility index (Phi) is 1.71. The minimum Gasteiger partial charge on any atom is -0.479 e. The van der Waals surface area contributed by atoms with Gasteiger partial charge in [0.15, 0.2) is 6.04 Å². The molecule has 0 radical (unpaired) electrons. The fourth-order valence-electron chi connectivity index (χ4n) is 2.47. The van der Waals surface area contributed by atoms with Crippen LogP contribution in [0.4, 0.5) is 4.79 Å². The maximum atomic E-state index is 11.6. The van der Waals surface area contributed by atoms with Gasteiger partial charge in [0.05, 0.1) is 6.04 Å². The number of urea groups is 1. The van der Waals surface area contributed by atoms with Crippen molar-refractivity contribution in [2.24, 2.45) is 0 Å². The predicted molar refractivity (Wildman–Crippen MR) is 54.8 cm³/mol. The summed E-state index contributed by atoms with van der Waals surface area (Å²) in [4.78, 5) is 24.2. The molecule has 1 aromatic carbocycles. The first-order chi connectivity index (χ1) is 7.68. The zero-order valence-corrected chi connectivity index (χ0v) is 8.38. The van der Waals surface area contributed by atoms with E-state index in [2.05, 4.69) is 5.32 Å². The van der Waals surface area contributed by atoms with Crippen molar-refractivity contribution in [1.29, 1.82) is 0 Å². The molecule has 82 valence electrons. The van der Waals surface area contributed by atoms with Crippen LogP contribution in [0.2, 0.25) is 0 Å². The van der Waals surface area contributed by atoms with Crippen LogP contribution in [0.1, 0.15) is 23.2 Å². The molecule has 2 heterocycles. The summed E-state index contributed by atoms with van der Waals surface area (Å²) in [5, 5.41) is 12.0. The molecule has 1 aromatic rings. The molecule has 1 saturated heterocycles. The van der Waals surface area contributed by atoms with Gasteiger partial charge < -0.3 is 15.3 Å². The zero-order valence-electron chi connectivity index (χ0n) is 8.38. The number of hydrogen-bond acceptors (Lipinski definition) is 2. The number of carboxylic acid groups (broad SMARTS) is 1. The molecule has 0 aliphatic carbocycles. The first-order valence-electron chi connectivity index (χ1n) is 5.07.